The van der Waals surface area contributed by atoms with E-state index >= 15 is 0 Å². The number of carbonyl (C=O) groups excluding carboxylic acids is 1. The van der Waals surface area contributed by atoms with Crippen molar-refractivity contribution in [1.82, 2.24) is 10.3 Å². The maximum absolute atomic E-state index is 12.2. The van der Waals surface area contributed by atoms with E-state index in [0.29, 0.717) is 23.6 Å². The van der Waals surface area contributed by atoms with E-state index in [1.807, 2.05) is 13.8 Å². The Bertz CT molecular complexity index is 645. The van der Waals surface area contributed by atoms with Gasteiger partial charge in [-0.3, -0.25) is 4.79 Å². The summed E-state index contributed by atoms with van der Waals surface area (Å²) in [4.78, 5) is 17.8. The number of aromatic nitrogens is 1. The molecule has 0 aliphatic heterocycles. The highest BCUT2D eigenvalue weighted by molar-refractivity contribution is 7.11. The van der Waals surface area contributed by atoms with Gasteiger partial charge >= 0.3 is 0 Å². The zero-order valence-corrected chi connectivity index (χ0v) is 14.0. The molecule has 0 aliphatic rings. The SMILES string of the molecule is COc1cc(OC)cc(C(=O)NCCc2sc(C)nc2C)c1. The lowest BCUT2D eigenvalue weighted by molar-refractivity contribution is 0.0953. The van der Waals surface area contributed by atoms with Crippen LogP contribution >= 0.6 is 11.3 Å². The number of rotatable bonds is 6. The topological polar surface area (TPSA) is 60.5 Å². The van der Waals surface area contributed by atoms with Crippen molar-refractivity contribution in [3.63, 3.8) is 0 Å². The molecule has 0 spiro atoms. The number of aryl methyl sites for hydroxylation is 2. The molecule has 6 heteroatoms. The van der Waals surface area contributed by atoms with Gasteiger partial charge in [0.15, 0.2) is 0 Å². The molecule has 0 saturated carbocycles. The molecule has 0 bridgehead atoms. The van der Waals surface area contributed by atoms with E-state index in [2.05, 4.69) is 10.3 Å². The first-order chi connectivity index (χ1) is 10.5. The van der Waals surface area contributed by atoms with Crippen molar-refractivity contribution in [3.8, 4) is 11.5 Å². The number of nitrogens with one attached hydrogen (secondary N) is 1. The monoisotopic (exact) mass is 320 g/mol. The highest BCUT2D eigenvalue weighted by Gasteiger charge is 2.10. The van der Waals surface area contributed by atoms with Crippen LogP contribution in [0.5, 0.6) is 11.5 Å². The van der Waals surface area contributed by atoms with Gasteiger partial charge < -0.3 is 14.8 Å². The van der Waals surface area contributed by atoms with Gasteiger partial charge in [0, 0.05) is 29.5 Å². The lowest BCUT2D eigenvalue weighted by Crippen LogP contribution is -2.25. The van der Waals surface area contributed by atoms with Crippen molar-refractivity contribution in [2.24, 2.45) is 0 Å². The van der Waals surface area contributed by atoms with Crippen LogP contribution in [-0.4, -0.2) is 31.7 Å². The lowest BCUT2D eigenvalue weighted by atomic mass is 10.2. The Morgan fingerprint density at radius 1 is 1.18 bits per heavy atom. The highest BCUT2D eigenvalue weighted by atomic mass is 32.1. The number of ether oxygens (including phenoxy) is 2. The molecule has 1 aromatic carbocycles. The number of hydrogen-bond donors (Lipinski definition) is 1. The van der Waals surface area contributed by atoms with Crippen LogP contribution in [0.4, 0.5) is 0 Å². The second-order valence-electron chi connectivity index (χ2n) is 4.85. The molecular weight excluding hydrogens is 300 g/mol. The fourth-order valence-electron chi connectivity index (χ4n) is 2.14. The maximum atomic E-state index is 12.2. The highest BCUT2D eigenvalue weighted by Crippen LogP contribution is 2.22. The normalized spacial score (nSPS) is 10.4. The van der Waals surface area contributed by atoms with Gasteiger partial charge in [-0.1, -0.05) is 0 Å². The summed E-state index contributed by atoms with van der Waals surface area (Å²) in [6.45, 7) is 4.55. The van der Waals surface area contributed by atoms with E-state index in [1.54, 1.807) is 43.8 Å². The molecule has 0 radical (unpaired) electrons. The van der Waals surface area contributed by atoms with Crippen molar-refractivity contribution in [2.75, 3.05) is 20.8 Å². The van der Waals surface area contributed by atoms with Crippen molar-refractivity contribution < 1.29 is 14.3 Å². The van der Waals surface area contributed by atoms with E-state index in [0.717, 1.165) is 17.1 Å². The Kier molecular flexibility index (Phi) is 5.38. The van der Waals surface area contributed by atoms with Gasteiger partial charge in [0.25, 0.3) is 5.91 Å². The van der Waals surface area contributed by atoms with E-state index in [-0.39, 0.29) is 5.91 Å². The lowest BCUT2D eigenvalue weighted by Gasteiger charge is -2.09. The fourth-order valence-corrected chi connectivity index (χ4v) is 3.07. The molecule has 2 rings (SSSR count). The molecule has 0 atom stereocenters. The predicted molar refractivity (Wildman–Crippen MR) is 87.2 cm³/mol. The minimum atomic E-state index is -0.143. The fraction of sp³-hybridized carbons (Fsp3) is 0.375. The molecule has 0 fully saturated rings. The van der Waals surface area contributed by atoms with E-state index in [1.165, 1.54) is 4.88 Å². The summed E-state index contributed by atoms with van der Waals surface area (Å²) >= 11 is 1.67. The molecule has 1 N–H and O–H groups in total. The minimum absolute atomic E-state index is 0.143. The summed E-state index contributed by atoms with van der Waals surface area (Å²) in [7, 11) is 3.12. The summed E-state index contributed by atoms with van der Waals surface area (Å²) in [5.74, 6) is 1.05. The first-order valence-electron chi connectivity index (χ1n) is 6.97. The summed E-state index contributed by atoms with van der Waals surface area (Å²) in [5, 5.41) is 3.97. The van der Waals surface area contributed by atoms with Gasteiger partial charge in [0.2, 0.25) is 0 Å². The molecule has 0 aliphatic carbocycles. The van der Waals surface area contributed by atoms with Crippen molar-refractivity contribution in [3.05, 3.63) is 39.3 Å². The number of benzene rings is 1. The third-order valence-electron chi connectivity index (χ3n) is 3.25. The molecule has 0 saturated heterocycles. The summed E-state index contributed by atoms with van der Waals surface area (Å²) in [6, 6.07) is 5.13. The Morgan fingerprint density at radius 3 is 2.32 bits per heavy atom. The van der Waals surface area contributed by atoms with Crippen LogP contribution < -0.4 is 14.8 Å². The summed E-state index contributed by atoms with van der Waals surface area (Å²) in [6.07, 6.45) is 0.782. The van der Waals surface area contributed by atoms with Crippen molar-refractivity contribution in [2.45, 2.75) is 20.3 Å². The average molecular weight is 320 g/mol. The van der Waals surface area contributed by atoms with Crippen LogP contribution in [0.2, 0.25) is 0 Å². The van der Waals surface area contributed by atoms with Crippen LogP contribution in [0.15, 0.2) is 18.2 Å². The third kappa shape index (κ3) is 3.98. The molecule has 22 heavy (non-hydrogen) atoms. The van der Waals surface area contributed by atoms with Gasteiger partial charge in [-0.2, -0.15) is 0 Å². The van der Waals surface area contributed by atoms with Gasteiger partial charge in [-0.25, -0.2) is 4.98 Å². The van der Waals surface area contributed by atoms with Crippen LogP contribution in [0.25, 0.3) is 0 Å². The largest absolute Gasteiger partial charge is 0.497 e. The quantitative estimate of drug-likeness (QED) is 0.889. The number of carbonyl (C=O) groups is 1. The second kappa shape index (κ2) is 7.26. The molecule has 1 aromatic heterocycles. The first kappa shape index (κ1) is 16.3. The van der Waals surface area contributed by atoms with Gasteiger partial charge in [0.1, 0.15) is 11.5 Å². The number of thiazole rings is 1. The number of methoxy groups -OCH3 is 2. The Hall–Kier alpha value is -2.08. The Balaban J connectivity index is 1.98. The zero-order valence-electron chi connectivity index (χ0n) is 13.2. The molecule has 2 aromatic rings. The van der Waals surface area contributed by atoms with Crippen molar-refractivity contribution in [1.29, 1.82) is 0 Å². The molecule has 118 valence electrons. The van der Waals surface area contributed by atoms with Gasteiger partial charge in [0.05, 0.1) is 24.9 Å². The molecule has 1 heterocycles. The third-order valence-corrected chi connectivity index (χ3v) is 4.38. The number of hydrogen-bond acceptors (Lipinski definition) is 5. The standard InChI is InChI=1S/C16H20N2O3S/c1-10-15(22-11(2)18-10)5-6-17-16(19)12-7-13(20-3)9-14(8-12)21-4/h7-9H,5-6H2,1-4H3,(H,17,19). The summed E-state index contributed by atoms with van der Waals surface area (Å²) in [5.41, 5.74) is 1.56. The molecule has 5 nitrogen and oxygen atoms in total. The Morgan fingerprint density at radius 2 is 1.82 bits per heavy atom. The number of amides is 1. The predicted octanol–water partition coefficient (Wildman–Crippen LogP) is 2.75. The van der Waals surface area contributed by atoms with Gasteiger partial charge in [-0.15, -0.1) is 11.3 Å². The average Bonchev–Trinajstić information content (AvgIpc) is 2.84. The van der Waals surface area contributed by atoms with Crippen LogP contribution in [-0.2, 0) is 6.42 Å². The van der Waals surface area contributed by atoms with Crippen LogP contribution in [0, 0.1) is 13.8 Å². The van der Waals surface area contributed by atoms with E-state index < -0.39 is 0 Å². The summed E-state index contributed by atoms with van der Waals surface area (Å²) < 4.78 is 10.3. The van der Waals surface area contributed by atoms with Crippen LogP contribution in [0.3, 0.4) is 0 Å². The maximum Gasteiger partial charge on any atom is 0.251 e. The van der Waals surface area contributed by atoms with Crippen LogP contribution in [0.1, 0.15) is 25.9 Å². The van der Waals surface area contributed by atoms with E-state index in [9.17, 15) is 4.79 Å². The zero-order chi connectivity index (χ0) is 16.1. The molecule has 1 amide bonds. The number of nitrogens with zero attached hydrogens (tertiary/aromatic N) is 1. The second-order valence-corrected chi connectivity index (χ2v) is 6.14. The minimum Gasteiger partial charge on any atom is -0.497 e. The molecule has 0 unspecified atom stereocenters. The van der Waals surface area contributed by atoms with Gasteiger partial charge in [-0.05, 0) is 26.0 Å². The van der Waals surface area contributed by atoms with Crippen molar-refractivity contribution >= 4 is 17.2 Å². The van der Waals surface area contributed by atoms with E-state index in [4.69, 9.17) is 9.47 Å². The smallest absolute Gasteiger partial charge is 0.251 e. The molecular formula is C16H20N2O3S. The first-order valence-corrected chi connectivity index (χ1v) is 7.79. The Labute approximate surface area is 134 Å².